The summed E-state index contributed by atoms with van der Waals surface area (Å²) in [6.45, 7) is 2.31. The second-order valence-corrected chi connectivity index (χ2v) is 14.4. The van der Waals surface area contributed by atoms with E-state index in [2.05, 4.69) is 42.7 Å². The van der Waals surface area contributed by atoms with Gasteiger partial charge in [-0.3, -0.25) is 18.6 Å². The van der Waals surface area contributed by atoms with Crippen LogP contribution in [0, 0.1) is 0 Å². The normalized spacial score (nSPS) is 14.3. The van der Waals surface area contributed by atoms with Crippen LogP contribution in [0.5, 0.6) is 0 Å². The van der Waals surface area contributed by atoms with E-state index in [0.717, 1.165) is 64.2 Å². The topological polar surface area (TPSA) is 149 Å². The fourth-order valence-electron chi connectivity index (χ4n) is 5.04. The Hall–Kier alpha value is -1.55. The van der Waals surface area contributed by atoms with Crippen molar-refractivity contribution in [1.82, 2.24) is 0 Å². The Balaban J connectivity index is 4.40. The smallest absolute Gasteiger partial charge is 0.462 e. The summed E-state index contributed by atoms with van der Waals surface area (Å²) in [6, 6.07) is 0. The average molecular weight is 719 g/mol. The highest BCUT2D eigenvalue weighted by atomic mass is 31.2. The van der Waals surface area contributed by atoms with E-state index in [1.54, 1.807) is 0 Å². The second kappa shape index (κ2) is 34.9. The maximum atomic E-state index is 12.5. The van der Waals surface area contributed by atoms with Crippen LogP contribution in [0.2, 0.25) is 0 Å². The second-order valence-electron chi connectivity index (χ2n) is 12.9. The summed E-state index contributed by atoms with van der Waals surface area (Å²) >= 11 is 0. The van der Waals surface area contributed by atoms with Crippen molar-refractivity contribution < 1.29 is 47.8 Å². The number of allylic oxidation sites excluding steroid dienone is 4. The van der Waals surface area contributed by atoms with Gasteiger partial charge >= 0.3 is 19.8 Å². The van der Waals surface area contributed by atoms with Crippen molar-refractivity contribution >= 4 is 19.8 Å². The maximum Gasteiger partial charge on any atom is 0.472 e. The SMILES string of the molecule is CCCCCC/C=C/CCCCCCCC(=O)OC[C@H](COP(=O)(O)OC[C@@H](O)CO)OC(=O)CCCCC/C=C/CCCCCCCC. The third kappa shape index (κ3) is 34.7. The molecule has 0 bridgehead atoms. The molecule has 11 heteroatoms. The Labute approximate surface area is 298 Å². The predicted octanol–water partition coefficient (Wildman–Crippen LogP) is 9.44. The van der Waals surface area contributed by atoms with Gasteiger partial charge in [-0.05, 0) is 64.2 Å². The largest absolute Gasteiger partial charge is 0.472 e. The van der Waals surface area contributed by atoms with Gasteiger partial charge in [0.1, 0.15) is 12.7 Å². The summed E-state index contributed by atoms with van der Waals surface area (Å²) in [7, 11) is -4.61. The van der Waals surface area contributed by atoms with Crippen molar-refractivity contribution in [1.29, 1.82) is 0 Å². The molecular weight excluding hydrogens is 647 g/mol. The minimum Gasteiger partial charge on any atom is -0.462 e. The molecule has 288 valence electrons. The molecule has 0 saturated heterocycles. The van der Waals surface area contributed by atoms with Crippen LogP contribution in [-0.2, 0) is 32.7 Å². The first-order valence-corrected chi connectivity index (χ1v) is 20.8. The Bertz CT molecular complexity index is 879. The zero-order valence-corrected chi connectivity index (χ0v) is 31.8. The third-order valence-corrected chi connectivity index (χ3v) is 9.03. The van der Waals surface area contributed by atoms with Gasteiger partial charge in [0.05, 0.1) is 19.8 Å². The number of hydrogen-bond donors (Lipinski definition) is 3. The zero-order chi connectivity index (χ0) is 36.3. The van der Waals surface area contributed by atoms with Gasteiger partial charge in [-0.25, -0.2) is 4.57 Å². The van der Waals surface area contributed by atoms with E-state index >= 15 is 0 Å². The Morgan fingerprint density at radius 3 is 1.51 bits per heavy atom. The summed E-state index contributed by atoms with van der Waals surface area (Å²) in [5, 5.41) is 18.3. The lowest BCUT2D eigenvalue weighted by atomic mass is 10.1. The van der Waals surface area contributed by atoms with Crippen LogP contribution in [0.1, 0.15) is 168 Å². The van der Waals surface area contributed by atoms with Crippen molar-refractivity contribution in [2.45, 2.75) is 180 Å². The number of ether oxygens (including phenoxy) is 2. The van der Waals surface area contributed by atoms with Crippen LogP contribution in [0.3, 0.4) is 0 Å². The summed E-state index contributed by atoms with van der Waals surface area (Å²) in [5.74, 6) is -0.954. The molecule has 0 aromatic heterocycles. The van der Waals surface area contributed by atoms with Gasteiger partial charge in [0.15, 0.2) is 6.10 Å². The maximum absolute atomic E-state index is 12.5. The number of phosphoric acid groups is 1. The van der Waals surface area contributed by atoms with Crippen LogP contribution in [0.25, 0.3) is 0 Å². The fraction of sp³-hybridized carbons (Fsp3) is 0.842. The van der Waals surface area contributed by atoms with Crippen molar-refractivity contribution in [3.05, 3.63) is 24.3 Å². The van der Waals surface area contributed by atoms with Gasteiger partial charge in [-0.15, -0.1) is 0 Å². The molecule has 3 N–H and O–H groups in total. The van der Waals surface area contributed by atoms with Crippen molar-refractivity contribution in [2.75, 3.05) is 26.4 Å². The van der Waals surface area contributed by atoms with Crippen molar-refractivity contribution in [2.24, 2.45) is 0 Å². The number of phosphoric ester groups is 1. The van der Waals surface area contributed by atoms with Crippen LogP contribution in [-0.4, -0.2) is 65.7 Å². The Morgan fingerprint density at radius 1 is 0.592 bits per heavy atom. The molecule has 0 radical (unpaired) electrons. The number of esters is 2. The molecule has 0 aromatic rings. The molecule has 0 saturated carbocycles. The van der Waals surface area contributed by atoms with Gasteiger partial charge < -0.3 is 24.6 Å². The molecule has 0 fully saturated rings. The molecule has 10 nitrogen and oxygen atoms in total. The lowest BCUT2D eigenvalue weighted by Crippen LogP contribution is -2.29. The molecule has 0 aliphatic carbocycles. The Morgan fingerprint density at radius 2 is 1.00 bits per heavy atom. The highest BCUT2D eigenvalue weighted by Crippen LogP contribution is 2.43. The molecule has 0 aliphatic heterocycles. The summed E-state index contributed by atoms with van der Waals surface area (Å²) in [6.07, 6.45) is 31.5. The van der Waals surface area contributed by atoms with Crippen LogP contribution in [0.15, 0.2) is 24.3 Å². The standard InChI is InChI=1S/C38H71O10P/c1-3-5-7-9-11-13-15-17-19-21-23-25-27-29-37(41)45-33-36(34-47-49(43,44)46-32-35(40)31-39)48-38(42)30-28-26-24-22-20-18-16-14-12-10-8-6-4-2/h13,15,18,20,35-36,39-40H,3-12,14,16-17,19,21-34H2,1-2H3,(H,43,44)/b15-13+,20-18+/t35-,36+/m0/s1. The quantitative estimate of drug-likeness (QED) is 0.0248. The predicted molar refractivity (Wildman–Crippen MR) is 196 cm³/mol. The van der Waals surface area contributed by atoms with E-state index in [0.29, 0.717) is 12.8 Å². The number of aliphatic hydroxyl groups is 2. The third-order valence-electron chi connectivity index (χ3n) is 8.08. The molecule has 0 amide bonds. The van der Waals surface area contributed by atoms with E-state index in [-0.39, 0.29) is 19.4 Å². The van der Waals surface area contributed by atoms with Gasteiger partial charge in [0, 0.05) is 12.8 Å². The Kier molecular flexibility index (Phi) is 33.8. The van der Waals surface area contributed by atoms with Crippen LogP contribution < -0.4 is 0 Å². The summed E-state index contributed by atoms with van der Waals surface area (Å²) in [5.41, 5.74) is 0. The molecule has 0 aliphatic rings. The summed E-state index contributed by atoms with van der Waals surface area (Å²) in [4.78, 5) is 34.8. The van der Waals surface area contributed by atoms with Gasteiger partial charge in [-0.1, -0.05) is 115 Å². The number of carbonyl (C=O) groups is 2. The minimum absolute atomic E-state index is 0.163. The number of hydrogen-bond acceptors (Lipinski definition) is 9. The van der Waals surface area contributed by atoms with E-state index < -0.39 is 51.8 Å². The van der Waals surface area contributed by atoms with Crippen molar-refractivity contribution in [3.8, 4) is 0 Å². The van der Waals surface area contributed by atoms with E-state index in [1.807, 2.05) is 0 Å². The van der Waals surface area contributed by atoms with E-state index in [4.69, 9.17) is 19.1 Å². The molecule has 0 heterocycles. The number of unbranched alkanes of at least 4 members (excludes halogenated alkanes) is 18. The first-order chi connectivity index (χ1) is 23.7. The van der Waals surface area contributed by atoms with Gasteiger partial charge in [0.2, 0.25) is 0 Å². The molecular formula is C38H71O10P. The summed E-state index contributed by atoms with van der Waals surface area (Å²) < 4.78 is 32.5. The highest BCUT2D eigenvalue weighted by molar-refractivity contribution is 7.47. The molecule has 0 rings (SSSR count). The first-order valence-electron chi connectivity index (χ1n) is 19.3. The zero-order valence-electron chi connectivity index (χ0n) is 30.9. The van der Waals surface area contributed by atoms with E-state index in [1.165, 1.54) is 64.2 Å². The highest BCUT2D eigenvalue weighted by Gasteiger charge is 2.27. The minimum atomic E-state index is -4.61. The first kappa shape index (κ1) is 47.4. The average Bonchev–Trinajstić information content (AvgIpc) is 3.09. The monoisotopic (exact) mass is 718 g/mol. The lowest BCUT2D eigenvalue weighted by molar-refractivity contribution is -0.161. The van der Waals surface area contributed by atoms with E-state index in [9.17, 15) is 24.2 Å². The number of rotatable bonds is 36. The number of carbonyl (C=O) groups excluding carboxylic acids is 2. The van der Waals surface area contributed by atoms with Gasteiger partial charge in [0.25, 0.3) is 0 Å². The molecule has 0 aromatic carbocycles. The van der Waals surface area contributed by atoms with Gasteiger partial charge in [-0.2, -0.15) is 0 Å². The molecule has 0 spiro atoms. The molecule has 49 heavy (non-hydrogen) atoms. The number of aliphatic hydroxyl groups excluding tert-OH is 2. The fourth-order valence-corrected chi connectivity index (χ4v) is 5.83. The molecule has 3 atom stereocenters. The van der Waals surface area contributed by atoms with Crippen LogP contribution in [0.4, 0.5) is 0 Å². The van der Waals surface area contributed by atoms with Crippen molar-refractivity contribution in [3.63, 3.8) is 0 Å². The lowest BCUT2D eigenvalue weighted by Gasteiger charge is -2.20. The van der Waals surface area contributed by atoms with Crippen LogP contribution >= 0.6 is 7.82 Å². The molecule has 1 unspecified atom stereocenters.